The molecular weight excluding hydrogens is 278 g/mol. The van der Waals surface area contributed by atoms with E-state index in [9.17, 15) is 0 Å². The number of rotatable bonds is 5. The quantitative estimate of drug-likeness (QED) is 0.837. The zero-order chi connectivity index (χ0) is 15.4. The average molecular weight is 305 g/mol. The first-order valence-corrected chi connectivity index (χ1v) is 8.19. The molecule has 2 aliphatic heterocycles. The fourth-order valence-corrected chi connectivity index (χ4v) is 3.80. The number of piperidine rings is 1. The fraction of sp³-hybridized carbons (Fsp3) is 0.667. The van der Waals surface area contributed by atoms with Gasteiger partial charge in [0.15, 0.2) is 0 Å². The van der Waals surface area contributed by atoms with Crippen molar-refractivity contribution in [3.63, 3.8) is 0 Å². The van der Waals surface area contributed by atoms with Gasteiger partial charge in [-0.05, 0) is 43.8 Å². The summed E-state index contributed by atoms with van der Waals surface area (Å²) >= 11 is 0. The van der Waals surface area contributed by atoms with E-state index in [0.717, 1.165) is 45.0 Å². The van der Waals surface area contributed by atoms with Crippen LogP contribution < -0.4 is 4.74 Å². The van der Waals surface area contributed by atoms with Crippen molar-refractivity contribution in [3.05, 3.63) is 29.8 Å². The molecule has 0 aliphatic carbocycles. The lowest BCUT2D eigenvalue weighted by Gasteiger charge is -2.38. The van der Waals surface area contributed by atoms with Crippen LogP contribution >= 0.6 is 0 Å². The van der Waals surface area contributed by atoms with E-state index >= 15 is 0 Å². The minimum Gasteiger partial charge on any atom is -0.496 e. The van der Waals surface area contributed by atoms with Crippen molar-refractivity contribution in [2.75, 3.05) is 40.5 Å². The van der Waals surface area contributed by atoms with Crippen molar-refractivity contribution in [1.82, 2.24) is 4.90 Å². The monoisotopic (exact) mass is 305 g/mol. The number of hydrogen-bond acceptors (Lipinski definition) is 4. The van der Waals surface area contributed by atoms with Gasteiger partial charge in [0.1, 0.15) is 5.75 Å². The lowest BCUT2D eigenvalue weighted by molar-refractivity contribution is 0.0284. The Balaban J connectivity index is 1.54. The van der Waals surface area contributed by atoms with Crippen molar-refractivity contribution in [1.29, 1.82) is 0 Å². The summed E-state index contributed by atoms with van der Waals surface area (Å²) in [6.45, 7) is 4.89. The molecular formula is C18H27NO3. The third kappa shape index (κ3) is 3.45. The Kier molecular flexibility index (Phi) is 5.01. The summed E-state index contributed by atoms with van der Waals surface area (Å²) in [6, 6.07) is 8.32. The van der Waals surface area contributed by atoms with Gasteiger partial charge in [-0.3, -0.25) is 4.90 Å². The van der Waals surface area contributed by atoms with Gasteiger partial charge in [-0.2, -0.15) is 0 Å². The predicted molar refractivity (Wildman–Crippen MR) is 86.2 cm³/mol. The zero-order valence-corrected chi connectivity index (χ0v) is 13.7. The average Bonchev–Trinajstić information content (AvgIpc) is 2.93. The van der Waals surface area contributed by atoms with E-state index in [1.807, 2.05) is 12.1 Å². The van der Waals surface area contributed by atoms with Crippen LogP contribution in [0.5, 0.6) is 5.75 Å². The summed E-state index contributed by atoms with van der Waals surface area (Å²) < 4.78 is 16.6. The topological polar surface area (TPSA) is 30.9 Å². The van der Waals surface area contributed by atoms with Crippen LogP contribution in [-0.4, -0.2) is 51.5 Å². The molecule has 1 aromatic carbocycles. The second-order valence-electron chi connectivity index (χ2n) is 6.68. The van der Waals surface area contributed by atoms with Gasteiger partial charge in [0.25, 0.3) is 0 Å². The summed E-state index contributed by atoms with van der Waals surface area (Å²) in [5, 5.41) is 0. The van der Waals surface area contributed by atoms with Gasteiger partial charge < -0.3 is 14.2 Å². The number of ether oxygens (including phenoxy) is 3. The van der Waals surface area contributed by atoms with Gasteiger partial charge in [0.2, 0.25) is 0 Å². The van der Waals surface area contributed by atoms with Crippen molar-refractivity contribution in [3.8, 4) is 5.75 Å². The van der Waals surface area contributed by atoms with Crippen LogP contribution in [0.15, 0.2) is 24.3 Å². The van der Waals surface area contributed by atoms with E-state index in [0.29, 0.717) is 11.5 Å². The molecule has 3 rings (SSSR count). The number of para-hydroxylation sites is 1. The highest BCUT2D eigenvalue weighted by Crippen LogP contribution is 2.42. The zero-order valence-electron chi connectivity index (χ0n) is 13.7. The van der Waals surface area contributed by atoms with E-state index in [1.54, 1.807) is 14.2 Å². The molecule has 0 saturated carbocycles. The highest BCUT2D eigenvalue weighted by atomic mass is 16.5. The Morgan fingerprint density at radius 3 is 2.73 bits per heavy atom. The molecule has 0 bridgehead atoms. The second kappa shape index (κ2) is 6.99. The highest BCUT2D eigenvalue weighted by Gasteiger charge is 2.42. The molecule has 0 N–H and O–H groups in total. The van der Waals surface area contributed by atoms with Gasteiger partial charge in [0, 0.05) is 19.2 Å². The molecule has 0 amide bonds. The summed E-state index contributed by atoms with van der Waals surface area (Å²) in [6.07, 6.45) is 3.90. The highest BCUT2D eigenvalue weighted by molar-refractivity contribution is 5.33. The van der Waals surface area contributed by atoms with Crippen molar-refractivity contribution < 1.29 is 14.2 Å². The van der Waals surface area contributed by atoms with E-state index in [4.69, 9.17) is 14.2 Å². The molecule has 22 heavy (non-hydrogen) atoms. The maximum Gasteiger partial charge on any atom is 0.123 e. The molecule has 1 spiro atoms. The first kappa shape index (κ1) is 15.8. The minimum atomic E-state index is 0.297. The summed E-state index contributed by atoms with van der Waals surface area (Å²) in [7, 11) is 3.50. The first-order chi connectivity index (χ1) is 10.7. The van der Waals surface area contributed by atoms with E-state index in [2.05, 4.69) is 17.0 Å². The summed E-state index contributed by atoms with van der Waals surface area (Å²) in [4.78, 5) is 2.53. The second-order valence-corrected chi connectivity index (χ2v) is 6.68. The maximum atomic E-state index is 5.91. The molecule has 4 heteroatoms. The van der Waals surface area contributed by atoms with Crippen molar-refractivity contribution in [2.45, 2.75) is 31.9 Å². The van der Waals surface area contributed by atoms with Crippen molar-refractivity contribution in [2.24, 2.45) is 5.41 Å². The van der Waals surface area contributed by atoms with E-state index in [-0.39, 0.29) is 0 Å². The van der Waals surface area contributed by atoms with Crippen LogP contribution in [0.25, 0.3) is 0 Å². The molecule has 2 heterocycles. The maximum absolute atomic E-state index is 5.91. The third-order valence-electron chi connectivity index (χ3n) is 5.14. The first-order valence-electron chi connectivity index (χ1n) is 8.19. The Morgan fingerprint density at radius 2 is 2.00 bits per heavy atom. The molecule has 4 nitrogen and oxygen atoms in total. The number of benzene rings is 1. The van der Waals surface area contributed by atoms with Crippen LogP contribution in [0.1, 0.15) is 24.8 Å². The van der Waals surface area contributed by atoms with E-state index < -0.39 is 0 Å². The number of hydrogen-bond donors (Lipinski definition) is 0. The van der Waals surface area contributed by atoms with Crippen LogP contribution in [0.3, 0.4) is 0 Å². The van der Waals surface area contributed by atoms with Crippen molar-refractivity contribution >= 4 is 0 Å². The van der Waals surface area contributed by atoms with Crippen LogP contribution in [0, 0.1) is 5.41 Å². The lowest BCUT2D eigenvalue weighted by atomic mass is 9.76. The smallest absolute Gasteiger partial charge is 0.123 e. The molecule has 1 aromatic rings. The van der Waals surface area contributed by atoms with Gasteiger partial charge in [-0.15, -0.1) is 0 Å². The fourth-order valence-electron chi connectivity index (χ4n) is 3.80. The molecule has 2 saturated heterocycles. The molecule has 0 radical (unpaired) electrons. The molecule has 122 valence electrons. The Morgan fingerprint density at radius 1 is 1.23 bits per heavy atom. The Hall–Kier alpha value is -1.10. The minimum absolute atomic E-state index is 0.297. The Bertz CT molecular complexity index is 483. The molecule has 0 aromatic heterocycles. The van der Waals surface area contributed by atoms with Gasteiger partial charge in [0.05, 0.1) is 26.4 Å². The molecule has 2 aliphatic rings. The third-order valence-corrected chi connectivity index (χ3v) is 5.14. The largest absolute Gasteiger partial charge is 0.496 e. The molecule has 1 atom stereocenters. The van der Waals surface area contributed by atoms with Gasteiger partial charge >= 0.3 is 0 Å². The Labute approximate surface area is 133 Å². The molecule has 1 unspecified atom stereocenters. The predicted octanol–water partition coefficient (Wildman–Crippen LogP) is 2.71. The number of likely N-dealkylation sites (tertiary alicyclic amines) is 1. The lowest BCUT2D eigenvalue weighted by Crippen LogP contribution is -2.40. The number of methoxy groups -OCH3 is 2. The van der Waals surface area contributed by atoms with Crippen LogP contribution in [0.4, 0.5) is 0 Å². The normalized spacial score (nSPS) is 24.7. The van der Waals surface area contributed by atoms with Crippen LogP contribution in [0.2, 0.25) is 0 Å². The SMILES string of the molecule is COCC1CC2(CCN(Cc3ccccc3OC)CC2)CO1. The standard InChI is InChI=1S/C18H27NO3/c1-20-13-16-11-18(14-22-16)7-9-19(10-8-18)12-15-5-3-4-6-17(15)21-2/h3-6,16H,7-14H2,1-2H3. The van der Waals surface area contributed by atoms with Crippen LogP contribution in [-0.2, 0) is 16.0 Å². The van der Waals surface area contributed by atoms with E-state index in [1.165, 1.54) is 18.4 Å². The summed E-state index contributed by atoms with van der Waals surface area (Å²) in [5.74, 6) is 0.993. The van der Waals surface area contributed by atoms with Gasteiger partial charge in [-0.1, -0.05) is 18.2 Å². The van der Waals surface area contributed by atoms with Gasteiger partial charge in [-0.25, -0.2) is 0 Å². The molecule has 2 fully saturated rings. The number of nitrogens with zero attached hydrogens (tertiary/aromatic N) is 1. The summed E-state index contributed by atoms with van der Waals surface area (Å²) in [5.41, 5.74) is 1.67.